The molecule has 116 valence electrons. The first-order chi connectivity index (χ1) is 11.1. The van der Waals surface area contributed by atoms with Gasteiger partial charge in [-0.3, -0.25) is 0 Å². The maximum atomic E-state index is 6.02. The van der Waals surface area contributed by atoms with E-state index in [0.29, 0.717) is 21.8 Å². The molecule has 0 aliphatic rings. The van der Waals surface area contributed by atoms with Gasteiger partial charge in [-0.05, 0) is 48.9 Å². The van der Waals surface area contributed by atoms with Gasteiger partial charge in [0.25, 0.3) is 0 Å². The summed E-state index contributed by atoms with van der Waals surface area (Å²) in [5.41, 5.74) is 2.75. The smallest absolute Gasteiger partial charge is 0.249 e. The van der Waals surface area contributed by atoms with Crippen molar-refractivity contribution in [1.29, 1.82) is 0 Å². The minimum Gasteiger partial charge on any atom is -0.339 e. The van der Waals surface area contributed by atoms with Crippen LogP contribution in [0.15, 0.2) is 48.7 Å². The van der Waals surface area contributed by atoms with E-state index in [4.69, 9.17) is 23.2 Å². The van der Waals surface area contributed by atoms with E-state index in [9.17, 15) is 0 Å². The molecule has 0 atom stereocenters. The molecule has 1 heterocycles. The van der Waals surface area contributed by atoms with E-state index in [1.54, 1.807) is 18.3 Å². The molecule has 0 amide bonds. The molecule has 0 radical (unpaired) electrons. The summed E-state index contributed by atoms with van der Waals surface area (Å²) < 4.78 is 0. The van der Waals surface area contributed by atoms with Crippen molar-refractivity contribution in [3.63, 3.8) is 0 Å². The Labute approximate surface area is 143 Å². The summed E-state index contributed by atoms with van der Waals surface area (Å²) in [5, 5.41) is 15.5. The molecule has 0 unspecified atom stereocenters. The molecule has 23 heavy (non-hydrogen) atoms. The Morgan fingerprint density at radius 2 is 1.65 bits per heavy atom. The maximum absolute atomic E-state index is 6.02. The van der Waals surface area contributed by atoms with Crippen LogP contribution in [0.5, 0.6) is 0 Å². The first-order valence-electron chi connectivity index (χ1n) is 6.86. The molecule has 3 aromatic rings. The number of aryl methyl sites for hydroxylation is 1. The minimum atomic E-state index is 0.386. The summed E-state index contributed by atoms with van der Waals surface area (Å²) in [4.78, 5) is 4.38. The molecular formula is C16H13Cl2N5. The number of halogens is 2. The summed E-state index contributed by atoms with van der Waals surface area (Å²) in [6.45, 7) is 1.99. The largest absolute Gasteiger partial charge is 0.339 e. The number of hydrogen-bond donors (Lipinski definition) is 2. The van der Waals surface area contributed by atoms with Gasteiger partial charge in [0, 0.05) is 21.4 Å². The van der Waals surface area contributed by atoms with Crippen LogP contribution in [0.25, 0.3) is 0 Å². The molecule has 2 N–H and O–H groups in total. The molecule has 2 aromatic carbocycles. The zero-order valence-electron chi connectivity index (χ0n) is 12.2. The van der Waals surface area contributed by atoms with E-state index in [1.807, 2.05) is 37.3 Å². The fraction of sp³-hybridized carbons (Fsp3) is 0.0625. The van der Waals surface area contributed by atoms with Gasteiger partial charge >= 0.3 is 0 Å². The molecular weight excluding hydrogens is 333 g/mol. The third-order valence-electron chi connectivity index (χ3n) is 3.12. The Bertz CT molecular complexity index is 821. The van der Waals surface area contributed by atoms with E-state index in [2.05, 4.69) is 25.8 Å². The lowest BCUT2D eigenvalue weighted by Gasteiger charge is -2.10. The second-order valence-electron chi connectivity index (χ2n) is 4.88. The van der Waals surface area contributed by atoms with E-state index >= 15 is 0 Å². The number of nitrogens with zero attached hydrogens (tertiary/aromatic N) is 3. The van der Waals surface area contributed by atoms with Crippen molar-refractivity contribution < 1.29 is 0 Å². The lowest BCUT2D eigenvalue weighted by molar-refractivity contribution is 0.982. The second kappa shape index (κ2) is 6.81. The van der Waals surface area contributed by atoms with Crippen LogP contribution in [-0.4, -0.2) is 15.2 Å². The predicted octanol–water partition coefficient (Wildman–Crippen LogP) is 4.97. The third-order valence-corrected chi connectivity index (χ3v) is 3.61. The zero-order valence-corrected chi connectivity index (χ0v) is 13.7. The van der Waals surface area contributed by atoms with Gasteiger partial charge in [0.05, 0.1) is 6.20 Å². The normalized spacial score (nSPS) is 10.4. The lowest BCUT2D eigenvalue weighted by Crippen LogP contribution is -2.03. The Morgan fingerprint density at radius 3 is 2.43 bits per heavy atom. The quantitative estimate of drug-likeness (QED) is 0.698. The van der Waals surface area contributed by atoms with E-state index in [-0.39, 0.29) is 0 Å². The number of rotatable bonds is 4. The maximum Gasteiger partial charge on any atom is 0.249 e. The fourth-order valence-electron chi connectivity index (χ4n) is 1.95. The average molecular weight is 346 g/mol. The molecule has 0 bridgehead atoms. The Balaban J connectivity index is 1.79. The van der Waals surface area contributed by atoms with Crippen molar-refractivity contribution in [2.24, 2.45) is 0 Å². The van der Waals surface area contributed by atoms with Gasteiger partial charge in [-0.15, -0.1) is 5.10 Å². The number of nitrogens with one attached hydrogen (secondary N) is 2. The number of anilines is 4. The van der Waals surface area contributed by atoms with Crippen molar-refractivity contribution in [3.8, 4) is 0 Å². The second-order valence-corrected chi connectivity index (χ2v) is 5.75. The van der Waals surface area contributed by atoms with Crippen LogP contribution >= 0.6 is 23.2 Å². The third kappa shape index (κ3) is 4.09. The summed E-state index contributed by atoms with van der Waals surface area (Å²) in [5.74, 6) is 0.957. The molecule has 0 fully saturated rings. The summed E-state index contributed by atoms with van der Waals surface area (Å²) in [6, 6.07) is 12.9. The van der Waals surface area contributed by atoms with Crippen LogP contribution in [0.1, 0.15) is 5.56 Å². The standard InChI is InChI=1S/C16H13Cl2N5/c1-10-2-3-12(18)8-14(10)21-15-9-19-23-16(22-15)20-13-6-4-11(17)5-7-13/h2-9H,1H3,(H2,20,21,22,23). The molecule has 3 rings (SSSR count). The average Bonchev–Trinajstić information content (AvgIpc) is 2.54. The summed E-state index contributed by atoms with van der Waals surface area (Å²) >= 11 is 11.9. The summed E-state index contributed by atoms with van der Waals surface area (Å²) in [7, 11) is 0. The van der Waals surface area contributed by atoms with E-state index in [0.717, 1.165) is 16.9 Å². The number of benzene rings is 2. The zero-order chi connectivity index (χ0) is 16.2. The highest BCUT2D eigenvalue weighted by Crippen LogP contribution is 2.23. The van der Waals surface area contributed by atoms with Crippen molar-refractivity contribution in [1.82, 2.24) is 15.2 Å². The first kappa shape index (κ1) is 15.5. The van der Waals surface area contributed by atoms with Crippen LogP contribution in [0, 0.1) is 6.92 Å². The SMILES string of the molecule is Cc1ccc(Cl)cc1Nc1cnnc(Nc2ccc(Cl)cc2)n1. The topological polar surface area (TPSA) is 62.7 Å². The van der Waals surface area contributed by atoms with Crippen LogP contribution in [0.4, 0.5) is 23.1 Å². The highest BCUT2D eigenvalue weighted by molar-refractivity contribution is 6.31. The van der Waals surface area contributed by atoms with Gasteiger partial charge in [0.15, 0.2) is 5.82 Å². The summed E-state index contributed by atoms with van der Waals surface area (Å²) in [6.07, 6.45) is 1.55. The molecule has 1 aromatic heterocycles. The highest BCUT2D eigenvalue weighted by Gasteiger charge is 2.04. The Hall–Kier alpha value is -2.37. The van der Waals surface area contributed by atoms with Crippen LogP contribution in [0.3, 0.4) is 0 Å². The Morgan fingerprint density at radius 1 is 0.913 bits per heavy atom. The number of aromatic nitrogens is 3. The minimum absolute atomic E-state index is 0.386. The molecule has 0 aliphatic carbocycles. The lowest BCUT2D eigenvalue weighted by atomic mass is 10.2. The van der Waals surface area contributed by atoms with Crippen LogP contribution in [-0.2, 0) is 0 Å². The highest BCUT2D eigenvalue weighted by atomic mass is 35.5. The van der Waals surface area contributed by atoms with Gasteiger partial charge in [0.2, 0.25) is 5.95 Å². The molecule has 7 heteroatoms. The Kier molecular flexibility index (Phi) is 4.60. The van der Waals surface area contributed by atoms with Crippen molar-refractivity contribution in [3.05, 3.63) is 64.3 Å². The van der Waals surface area contributed by atoms with Crippen LogP contribution < -0.4 is 10.6 Å². The van der Waals surface area contributed by atoms with Gasteiger partial charge in [-0.25, -0.2) is 0 Å². The molecule has 0 aliphatic heterocycles. The van der Waals surface area contributed by atoms with Crippen molar-refractivity contribution in [2.75, 3.05) is 10.6 Å². The van der Waals surface area contributed by atoms with Gasteiger partial charge in [-0.1, -0.05) is 29.3 Å². The van der Waals surface area contributed by atoms with Gasteiger partial charge in [0.1, 0.15) is 0 Å². The van der Waals surface area contributed by atoms with Crippen LogP contribution in [0.2, 0.25) is 10.0 Å². The van der Waals surface area contributed by atoms with E-state index < -0.39 is 0 Å². The predicted molar refractivity (Wildman–Crippen MR) is 94.0 cm³/mol. The molecule has 0 saturated heterocycles. The molecule has 0 saturated carbocycles. The first-order valence-corrected chi connectivity index (χ1v) is 7.61. The van der Waals surface area contributed by atoms with E-state index in [1.165, 1.54) is 0 Å². The van der Waals surface area contributed by atoms with Crippen molar-refractivity contribution in [2.45, 2.75) is 6.92 Å². The van der Waals surface area contributed by atoms with Gasteiger partial charge in [-0.2, -0.15) is 10.1 Å². The molecule has 0 spiro atoms. The van der Waals surface area contributed by atoms with Gasteiger partial charge < -0.3 is 10.6 Å². The molecule has 5 nitrogen and oxygen atoms in total. The fourth-order valence-corrected chi connectivity index (χ4v) is 2.24. The number of hydrogen-bond acceptors (Lipinski definition) is 5. The van der Waals surface area contributed by atoms with Crippen molar-refractivity contribution >= 4 is 46.3 Å². The monoisotopic (exact) mass is 345 g/mol.